The van der Waals surface area contributed by atoms with Gasteiger partial charge < -0.3 is 24.0 Å². The standard InChI is InChI=1S/C29H27FN4O6/c1-15-22-24(33(18-7-8-18)14-21(26(22)35)28(36)37)27(39-2)25(23(15)30)32-9-3-4-16-10-19(6-5-17(16)12-32)34-13-20(11-31)40-29(34)38/h5-6,10,14,18,20H,3-4,7-9,12-13H2,1-2H3,(H,36,37). The lowest BCUT2D eigenvalue weighted by molar-refractivity contribution is 0.0694. The maximum absolute atomic E-state index is 16.2. The van der Waals surface area contributed by atoms with Gasteiger partial charge in [-0.15, -0.1) is 0 Å². The number of pyridine rings is 1. The zero-order valence-electron chi connectivity index (χ0n) is 22.1. The minimum atomic E-state index is -1.35. The average molecular weight is 547 g/mol. The third-order valence-corrected chi connectivity index (χ3v) is 7.96. The van der Waals surface area contributed by atoms with E-state index in [0.29, 0.717) is 37.1 Å². The maximum atomic E-state index is 16.2. The van der Waals surface area contributed by atoms with Crippen molar-refractivity contribution in [2.24, 2.45) is 0 Å². The van der Waals surface area contributed by atoms with Crippen LogP contribution in [0.25, 0.3) is 10.9 Å². The van der Waals surface area contributed by atoms with E-state index in [1.165, 1.54) is 25.1 Å². The molecule has 1 saturated carbocycles. The number of nitrogens with zero attached hydrogens (tertiary/aromatic N) is 4. The number of halogens is 1. The van der Waals surface area contributed by atoms with Gasteiger partial charge in [0, 0.05) is 36.6 Å². The molecule has 1 amide bonds. The van der Waals surface area contributed by atoms with E-state index < -0.39 is 29.4 Å². The molecule has 3 heterocycles. The molecule has 0 bridgehead atoms. The van der Waals surface area contributed by atoms with Gasteiger partial charge in [0.25, 0.3) is 0 Å². The van der Waals surface area contributed by atoms with Crippen LogP contribution in [0.15, 0.2) is 29.2 Å². The van der Waals surface area contributed by atoms with Gasteiger partial charge in [-0.3, -0.25) is 9.69 Å². The molecule has 1 saturated heterocycles. The third kappa shape index (κ3) is 4.02. The number of carbonyl (C=O) groups is 2. The van der Waals surface area contributed by atoms with Crippen LogP contribution in [0.2, 0.25) is 0 Å². The Balaban J connectivity index is 1.46. The number of methoxy groups -OCH3 is 1. The molecular weight excluding hydrogens is 519 g/mol. The van der Waals surface area contributed by atoms with Crippen molar-refractivity contribution in [3.05, 3.63) is 62.7 Å². The number of anilines is 2. The SMILES string of the molecule is COc1c(N2CCCc3cc(N4CC(C#N)OC4=O)ccc3C2)c(F)c(C)c2c(=O)c(C(=O)O)cn(C3CC3)c12. The molecule has 1 aromatic heterocycles. The van der Waals surface area contributed by atoms with Crippen LogP contribution in [-0.2, 0) is 17.7 Å². The summed E-state index contributed by atoms with van der Waals surface area (Å²) >= 11 is 0. The van der Waals surface area contributed by atoms with Crippen LogP contribution in [0, 0.1) is 24.1 Å². The number of carbonyl (C=O) groups excluding carboxylic acids is 1. The number of amides is 1. The highest BCUT2D eigenvalue weighted by atomic mass is 19.1. The first-order valence-electron chi connectivity index (χ1n) is 13.2. The van der Waals surface area contributed by atoms with Crippen molar-refractivity contribution in [2.75, 3.05) is 30.0 Å². The number of aromatic carboxylic acids is 1. The number of nitriles is 1. The van der Waals surface area contributed by atoms with Gasteiger partial charge >= 0.3 is 12.1 Å². The Labute approximate surface area is 228 Å². The second kappa shape index (κ2) is 9.55. The Kier molecular flexibility index (Phi) is 6.13. The fraction of sp³-hybridized carbons (Fsp3) is 0.379. The molecular formula is C29H27FN4O6. The molecule has 10 nitrogen and oxygen atoms in total. The molecule has 2 aromatic carbocycles. The van der Waals surface area contributed by atoms with Crippen molar-refractivity contribution in [1.29, 1.82) is 5.26 Å². The molecule has 1 unspecified atom stereocenters. The minimum Gasteiger partial charge on any atom is -0.492 e. The number of rotatable bonds is 5. The summed E-state index contributed by atoms with van der Waals surface area (Å²) in [4.78, 5) is 40.7. The normalized spacial score (nSPS) is 18.8. The van der Waals surface area contributed by atoms with Crippen LogP contribution in [0.1, 0.15) is 52.4 Å². The molecule has 1 N–H and O–H groups in total. The van der Waals surface area contributed by atoms with Crippen LogP contribution < -0.4 is 20.0 Å². The van der Waals surface area contributed by atoms with E-state index in [1.807, 2.05) is 23.1 Å². The Bertz CT molecular complexity index is 1690. The van der Waals surface area contributed by atoms with Gasteiger partial charge in [-0.05, 0) is 55.9 Å². The second-order valence-corrected chi connectivity index (χ2v) is 10.5. The summed E-state index contributed by atoms with van der Waals surface area (Å²) in [6.45, 7) is 2.53. The third-order valence-electron chi connectivity index (χ3n) is 7.96. The lowest BCUT2D eigenvalue weighted by Gasteiger charge is -2.28. The first kappa shape index (κ1) is 25.7. The van der Waals surface area contributed by atoms with Gasteiger partial charge in [0.05, 0.1) is 24.6 Å². The van der Waals surface area contributed by atoms with Gasteiger partial charge in [-0.25, -0.2) is 14.0 Å². The Morgan fingerprint density at radius 2 is 2.02 bits per heavy atom. The molecule has 2 aliphatic heterocycles. The number of hydrogen-bond acceptors (Lipinski definition) is 7. The Morgan fingerprint density at radius 3 is 2.67 bits per heavy atom. The molecule has 11 heteroatoms. The summed E-state index contributed by atoms with van der Waals surface area (Å²) in [5.74, 6) is -1.76. The highest BCUT2D eigenvalue weighted by molar-refractivity contribution is 5.99. The summed E-state index contributed by atoms with van der Waals surface area (Å²) in [6.07, 6.45) is 3.01. The molecule has 1 aliphatic carbocycles. The van der Waals surface area contributed by atoms with E-state index in [4.69, 9.17) is 14.7 Å². The highest BCUT2D eigenvalue weighted by Crippen LogP contribution is 2.46. The summed E-state index contributed by atoms with van der Waals surface area (Å²) in [6, 6.07) is 7.57. The van der Waals surface area contributed by atoms with Crippen LogP contribution in [0.3, 0.4) is 0 Å². The smallest absolute Gasteiger partial charge is 0.415 e. The van der Waals surface area contributed by atoms with Crippen LogP contribution in [0.4, 0.5) is 20.6 Å². The minimum absolute atomic E-state index is 0.00833. The van der Waals surface area contributed by atoms with Crippen molar-refractivity contribution >= 4 is 34.3 Å². The zero-order chi connectivity index (χ0) is 28.3. The largest absolute Gasteiger partial charge is 0.492 e. The topological polar surface area (TPSA) is 125 Å². The predicted molar refractivity (Wildman–Crippen MR) is 144 cm³/mol. The number of ether oxygens (including phenoxy) is 2. The van der Waals surface area contributed by atoms with Crippen LogP contribution in [0.5, 0.6) is 5.75 Å². The highest BCUT2D eigenvalue weighted by Gasteiger charge is 2.35. The van der Waals surface area contributed by atoms with E-state index in [0.717, 1.165) is 24.0 Å². The summed E-state index contributed by atoms with van der Waals surface area (Å²) in [5, 5.41) is 18.8. The fourth-order valence-electron chi connectivity index (χ4n) is 5.82. The Hall–Kier alpha value is -4.59. The number of hydrogen-bond donors (Lipinski definition) is 1. The van der Waals surface area contributed by atoms with Gasteiger partial charge in [0.1, 0.15) is 17.3 Å². The number of benzene rings is 2. The number of carboxylic acid groups (broad SMARTS) is 1. The lowest BCUT2D eigenvalue weighted by Crippen LogP contribution is -2.27. The molecule has 1 atom stereocenters. The number of aromatic nitrogens is 1. The van der Waals surface area contributed by atoms with Gasteiger partial charge in [-0.1, -0.05) is 6.07 Å². The molecule has 3 aromatic rings. The predicted octanol–water partition coefficient (Wildman–Crippen LogP) is 4.29. The first-order valence-corrected chi connectivity index (χ1v) is 13.2. The van der Waals surface area contributed by atoms with Gasteiger partial charge in [0.15, 0.2) is 11.6 Å². The van der Waals surface area contributed by atoms with Crippen LogP contribution >= 0.6 is 0 Å². The fourth-order valence-corrected chi connectivity index (χ4v) is 5.82. The molecule has 0 radical (unpaired) electrons. The number of aryl methyl sites for hydroxylation is 2. The summed E-state index contributed by atoms with van der Waals surface area (Å²) in [5.41, 5.74) is 2.22. The molecule has 2 fully saturated rings. The second-order valence-electron chi connectivity index (χ2n) is 10.5. The van der Waals surface area contributed by atoms with E-state index >= 15 is 4.39 Å². The maximum Gasteiger partial charge on any atom is 0.415 e. The lowest BCUT2D eigenvalue weighted by atomic mass is 10.0. The van der Waals surface area contributed by atoms with Crippen molar-refractivity contribution in [3.8, 4) is 11.8 Å². The quantitative estimate of drug-likeness (QED) is 0.503. The monoisotopic (exact) mass is 546 g/mol. The average Bonchev–Trinajstić information content (AvgIpc) is 3.74. The summed E-state index contributed by atoms with van der Waals surface area (Å²) in [7, 11) is 1.43. The number of cyclic esters (lactones) is 1. The molecule has 206 valence electrons. The van der Waals surface area contributed by atoms with Gasteiger partial charge in [0.2, 0.25) is 11.5 Å². The molecule has 6 rings (SSSR count). The first-order chi connectivity index (χ1) is 19.2. The van der Waals surface area contributed by atoms with E-state index in [1.54, 1.807) is 10.6 Å². The van der Waals surface area contributed by atoms with Crippen molar-refractivity contribution in [3.63, 3.8) is 0 Å². The van der Waals surface area contributed by atoms with Gasteiger partial charge in [-0.2, -0.15) is 5.26 Å². The van der Waals surface area contributed by atoms with E-state index in [2.05, 4.69) is 0 Å². The van der Waals surface area contributed by atoms with Crippen molar-refractivity contribution < 1.29 is 28.6 Å². The molecule has 40 heavy (non-hydrogen) atoms. The summed E-state index contributed by atoms with van der Waals surface area (Å²) < 4.78 is 28.8. The molecule has 0 spiro atoms. The Morgan fingerprint density at radius 1 is 1.25 bits per heavy atom. The zero-order valence-corrected chi connectivity index (χ0v) is 22.1. The van der Waals surface area contributed by atoms with E-state index in [-0.39, 0.29) is 40.5 Å². The molecule has 3 aliphatic rings. The van der Waals surface area contributed by atoms with E-state index in [9.17, 15) is 19.5 Å². The van der Waals surface area contributed by atoms with Crippen molar-refractivity contribution in [1.82, 2.24) is 4.57 Å². The number of fused-ring (bicyclic) bond motifs is 2. The van der Waals surface area contributed by atoms with Crippen LogP contribution in [-0.4, -0.2) is 48.0 Å². The number of carboxylic acids is 1. The van der Waals surface area contributed by atoms with Crippen molar-refractivity contribution in [2.45, 2.75) is 51.3 Å².